The first-order valence-corrected chi connectivity index (χ1v) is 7.65. The molecule has 7 heteroatoms. The average Bonchev–Trinajstić information content (AvgIpc) is 2.96. The number of likely N-dealkylation sites (tertiary alicyclic amines) is 1. The van der Waals surface area contributed by atoms with E-state index in [2.05, 4.69) is 15.5 Å². The van der Waals surface area contributed by atoms with Crippen molar-refractivity contribution in [3.8, 4) is 0 Å². The van der Waals surface area contributed by atoms with E-state index in [1.54, 1.807) is 0 Å². The van der Waals surface area contributed by atoms with Gasteiger partial charge in [0.05, 0.1) is 0 Å². The summed E-state index contributed by atoms with van der Waals surface area (Å²) in [5, 5.41) is 14.7. The van der Waals surface area contributed by atoms with Gasteiger partial charge in [-0.25, -0.2) is 0 Å². The fourth-order valence-corrected chi connectivity index (χ4v) is 2.50. The second kappa shape index (κ2) is 11.8. The standard InChI is InChI=1S/C15H23ClN4.2ClH/c16-14-6-4-13(5-7-14)12-19-15(17)18-8-3-11-20-9-1-2-10-20;;/h4-7H,1-3,8-12H2,(H3,17,18,19);2*1H. The molecule has 0 saturated carbocycles. The van der Waals surface area contributed by atoms with E-state index in [9.17, 15) is 0 Å². The maximum Gasteiger partial charge on any atom is 0.188 e. The molecule has 4 nitrogen and oxygen atoms in total. The minimum absolute atomic E-state index is 0. The Balaban J connectivity index is 0.00000220. The molecule has 126 valence electrons. The van der Waals surface area contributed by atoms with Crippen LogP contribution >= 0.6 is 36.4 Å². The lowest BCUT2D eigenvalue weighted by Gasteiger charge is -2.15. The quantitative estimate of drug-likeness (QED) is 0.411. The fraction of sp³-hybridized carbons (Fsp3) is 0.533. The van der Waals surface area contributed by atoms with Gasteiger partial charge in [0.1, 0.15) is 0 Å². The van der Waals surface area contributed by atoms with Crippen molar-refractivity contribution in [2.75, 3.05) is 26.2 Å². The van der Waals surface area contributed by atoms with Crippen molar-refractivity contribution in [1.82, 2.24) is 15.5 Å². The van der Waals surface area contributed by atoms with E-state index in [1.807, 2.05) is 24.3 Å². The van der Waals surface area contributed by atoms with Crippen molar-refractivity contribution in [3.05, 3.63) is 34.9 Å². The zero-order valence-electron chi connectivity index (χ0n) is 12.6. The molecule has 1 aromatic carbocycles. The van der Waals surface area contributed by atoms with E-state index in [-0.39, 0.29) is 24.8 Å². The van der Waals surface area contributed by atoms with Crippen molar-refractivity contribution in [1.29, 1.82) is 5.41 Å². The topological polar surface area (TPSA) is 51.2 Å². The monoisotopic (exact) mass is 366 g/mol. The van der Waals surface area contributed by atoms with Crippen molar-refractivity contribution in [2.45, 2.75) is 25.8 Å². The van der Waals surface area contributed by atoms with Gasteiger partial charge in [0.2, 0.25) is 0 Å². The number of nitrogens with zero attached hydrogens (tertiary/aromatic N) is 1. The van der Waals surface area contributed by atoms with E-state index in [4.69, 9.17) is 17.0 Å². The number of hydrogen-bond donors (Lipinski definition) is 3. The Bertz CT molecular complexity index is 419. The lowest BCUT2D eigenvalue weighted by Crippen LogP contribution is -2.37. The predicted octanol–water partition coefficient (Wildman–Crippen LogP) is 3.28. The number of hydrogen-bond acceptors (Lipinski definition) is 2. The molecule has 1 aliphatic rings. The first-order valence-electron chi connectivity index (χ1n) is 7.27. The molecule has 1 saturated heterocycles. The molecule has 0 unspecified atom stereocenters. The molecule has 22 heavy (non-hydrogen) atoms. The van der Waals surface area contributed by atoms with Gasteiger partial charge in [-0.05, 0) is 56.6 Å². The van der Waals surface area contributed by atoms with Crippen LogP contribution in [0.2, 0.25) is 5.02 Å². The van der Waals surface area contributed by atoms with Gasteiger partial charge in [-0.2, -0.15) is 0 Å². The van der Waals surface area contributed by atoms with Crippen LogP contribution < -0.4 is 10.6 Å². The highest BCUT2D eigenvalue weighted by Crippen LogP contribution is 2.09. The normalized spacial score (nSPS) is 13.9. The molecule has 1 fully saturated rings. The van der Waals surface area contributed by atoms with Crippen LogP contribution in [0.1, 0.15) is 24.8 Å². The predicted molar refractivity (Wildman–Crippen MR) is 98.8 cm³/mol. The van der Waals surface area contributed by atoms with Crippen LogP contribution in [0.25, 0.3) is 0 Å². The summed E-state index contributed by atoms with van der Waals surface area (Å²) in [6.45, 7) is 5.12. The van der Waals surface area contributed by atoms with Crippen LogP contribution in [0.3, 0.4) is 0 Å². The summed E-state index contributed by atoms with van der Waals surface area (Å²) in [7, 11) is 0. The van der Waals surface area contributed by atoms with Crippen LogP contribution in [0, 0.1) is 5.41 Å². The third-order valence-electron chi connectivity index (χ3n) is 3.53. The Labute approximate surface area is 150 Å². The molecule has 0 bridgehead atoms. The molecule has 0 radical (unpaired) electrons. The fourth-order valence-electron chi connectivity index (χ4n) is 2.38. The van der Waals surface area contributed by atoms with Gasteiger partial charge >= 0.3 is 0 Å². The van der Waals surface area contributed by atoms with E-state index in [0.717, 1.165) is 30.1 Å². The van der Waals surface area contributed by atoms with Gasteiger partial charge in [0.15, 0.2) is 5.96 Å². The molecule has 2 rings (SSSR count). The summed E-state index contributed by atoms with van der Waals surface area (Å²) >= 11 is 5.83. The maximum atomic E-state index is 7.81. The molecule has 0 amide bonds. The van der Waals surface area contributed by atoms with E-state index in [1.165, 1.54) is 25.9 Å². The summed E-state index contributed by atoms with van der Waals surface area (Å²) in [5.41, 5.74) is 1.12. The molecular weight excluding hydrogens is 343 g/mol. The average molecular weight is 368 g/mol. The van der Waals surface area contributed by atoms with Crippen LogP contribution in [0.5, 0.6) is 0 Å². The van der Waals surface area contributed by atoms with Crippen LogP contribution in [-0.2, 0) is 6.54 Å². The summed E-state index contributed by atoms with van der Waals surface area (Å²) in [4.78, 5) is 2.49. The third kappa shape index (κ3) is 8.08. The van der Waals surface area contributed by atoms with Gasteiger partial charge in [-0.1, -0.05) is 23.7 Å². The number of rotatable bonds is 6. The molecule has 1 heterocycles. The lowest BCUT2D eigenvalue weighted by molar-refractivity contribution is 0.334. The number of benzene rings is 1. The number of nitrogens with one attached hydrogen (secondary N) is 3. The minimum atomic E-state index is 0. The smallest absolute Gasteiger partial charge is 0.188 e. The summed E-state index contributed by atoms with van der Waals surface area (Å²) in [5.74, 6) is 0.390. The van der Waals surface area contributed by atoms with E-state index >= 15 is 0 Å². The van der Waals surface area contributed by atoms with Gasteiger partial charge in [0, 0.05) is 18.1 Å². The van der Waals surface area contributed by atoms with Gasteiger partial charge in [-0.3, -0.25) is 5.41 Å². The molecule has 1 aliphatic heterocycles. The Kier molecular flexibility index (Phi) is 11.5. The summed E-state index contributed by atoms with van der Waals surface area (Å²) in [6, 6.07) is 7.67. The largest absolute Gasteiger partial charge is 0.357 e. The van der Waals surface area contributed by atoms with Crippen LogP contribution in [0.4, 0.5) is 0 Å². The van der Waals surface area contributed by atoms with Gasteiger partial charge in [0.25, 0.3) is 0 Å². The highest BCUT2D eigenvalue weighted by atomic mass is 35.5. The van der Waals surface area contributed by atoms with Crippen molar-refractivity contribution < 1.29 is 0 Å². The molecule has 3 N–H and O–H groups in total. The maximum absolute atomic E-state index is 7.81. The third-order valence-corrected chi connectivity index (χ3v) is 3.79. The highest BCUT2D eigenvalue weighted by molar-refractivity contribution is 6.30. The van der Waals surface area contributed by atoms with E-state index < -0.39 is 0 Å². The Morgan fingerprint density at radius 2 is 1.73 bits per heavy atom. The van der Waals surface area contributed by atoms with E-state index in [0.29, 0.717) is 12.5 Å². The van der Waals surface area contributed by atoms with Crippen molar-refractivity contribution >= 4 is 42.4 Å². The second-order valence-electron chi connectivity index (χ2n) is 5.18. The summed E-state index contributed by atoms with van der Waals surface area (Å²) < 4.78 is 0. The number of guanidine groups is 1. The summed E-state index contributed by atoms with van der Waals surface area (Å²) in [6.07, 6.45) is 3.77. The zero-order chi connectivity index (χ0) is 14.2. The van der Waals surface area contributed by atoms with Crippen LogP contribution in [-0.4, -0.2) is 37.0 Å². The SMILES string of the molecule is Cl.Cl.N=C(NCCCN1CCCC1)NCc1ccc(Cl)cc1. The number of halogens is 3. The van der Waals surface area contributed by atoms with Gasteiger partial charge < -0.3 is 15.5 Å². The Hall–Kier alpha value is -0.680. The van der Waals surface area contributed by atoms with Crippen molar-refractivity contribution in [2.24, 2.45) is 0 Å². The Morgan fingerprint density at radius 3 is 2.36 bits per heavy atom. The molecule has 0 atom stereocenters. The lowest BCUT2D eigenvalue weighted by atomic mass is 10.2. The Morgan fingerprint density at radius 1 is 1.09 bits per heavy atom. The molecule has 0 aromatic heterocycles. The molecule has 0 spiro atoms. The van der Waals surface area contributed by atoms with Crippen molar-refractivity contribution in [3.63, 3.8) is 0 Å². The van der Waals surface area contributed by atoms with Gasteiger partial charge in [-0.15, -0.1) is 24.8 Å². The zero-order valence-corrected chi connectivity index (χ0v) is 15.0. The van der Waals surface area contributed by atoms with Crippen LogP contribution in [0.15, 0.2) is 24.3 Å². The highest BCUT2D eigenvalue weighted by Gasteiger charge is 2.10. The first kappa shape index (κ1) is 21.3. The first-order chi connectivity index (χ1) is 9.74. The second-order valence-corrected chi connectivity index (χ2v) is 5.62. The molecule has 1 aromatic rings. The minimum Gasteiger partial charge on any atom is -0.357 e. The molecule has 0 aliphatic carbocycles. The molecular formula is C15H25Cl3N4.